The maximum atomic E-state index is 12.1. The molecule has 1 fully saturated rings. The number of carbonyl (C=O) groups is 2. The minimum Gasteiger partial charge on any atom is -0.481 e. The molecule has 1 atom stereocenters. The summed E-state index contributed by atoms with van der Waals surface area (Å²) in [6, 6.07) is 1.45. The molecule has 6 heteroatoms. The summed E-state index contributed by atoms with van der Waals surface area (Å²) < 4.78 is 0. The zero-order valence-electron chi connectivity index (χ0n) is 9.96. The maximum absolute atomic E-state index is 12.1. The van der Waals surface area contributed by atoms with Gasteiger partial charge in [0.1, 0.15) is 0 Å². The minimum atomic E-state index is -0.852. The second-order valence-electron chi connectivity index (χ2n) is 4.38. The van der Waals surface area contributed by atoms with Crippen LogP contribution >= 0.6 is 11.3 Å². The number of hydrogen-bond donors (Lipinski definition) is 2. The first-order valence-electron chi connectivity index (χ1n) is 5.98. The average molecular weight is 268 g/mol. The zero-order valence-corrected chi connectivity index (χ0v) is 10.8. The normalized spacial score (nSPS) is 19.6. The summed E-state index contributed by atoms with van der Waals surface area (Å²) in [6.45, 7) is 0.633. The average Bonchev–Trinajstić information content (AvgIpc) is 2.81. The van der Waals surface area contributed by atoms with Crippen molar-refractivity contribution in [3.8, 4) is 0 Å². The summed E-state index contributed by atoms with van der Waals surface area (Å²) in [5.74, 6) is -0.852. The van der Waals surface area contributed by atoms with Crippen LogP contribution in [-0.4, -0.2) is 34.6 Å². The third-order valence-electron chi connectivity index (χ3n) is 3.07. The second kappa shape index (κ2) is 5.86. The van der Waals surface area contributed by atoms with Crippen molar-refractivity contribution in [3.63, 3.8) is 0 Å². The molecule has 0 bridgehead atoms. The first-order valence-corrected chi connectivity index (χ1v) is 6.92. The molecule has 1 aromatic heterocycles. The lowest BCUT2D eigenvalue weighted by Gasteiger charge is -2.34. The highest BCUT2D eigenvalue weighted by Gasteiger charge is 2.28. The Morgan fingerprint density at radius 1 is 1.50 bits per heavy atom. The van der Waals surface area contributed by atoms with Crippen LogP contribution in [0.15, 0.2) is 16.8 Å². The van der Waals surface area contributed by atoms with Crippen LogP contribution in [0.4, 0.5) is 10.5 Å². The van der Waals surface area contributed by atoms with Crippen molar-refractivity contribution in [1.29, 1.82) is 0 Å². The number of carboxylic acids is 1. The number of amides is 2. The molecule has 2 amide bonds. The summed E-state index contributed by atoms with van der Waals surface area (Å²) in [5.41, 5.74) is 0.768. The van der Waals surface area contributed by atoms with E-state index in [1.165, 1.54) is 11.3 Å². The van der Waals surface area contributed by atoms with Crippen LogP contribution < -0.4 is 5.32 Å². The van der Waals surface area contributed by atoms with E-state index in [9.17, 15) is 9.59 Å². The number of likely N-dealkylation sites (tertiary alicyclic amines) is 1. The Kier molecular flexibility index (Phi) is 4.19. The molecule has 1 aliphatic rings. The van der Waals surface area contributed by atoms with E-state index in [0.717, 1.165) is 24.9 Å². The number of hydrogen-bond acceptors (Lipinski definition) is 3. The van der Waals surface area contributed by atoms with Gasteiger partial charge in [-0.2, -0.15) is 11.3 Å². The molecule has 0 aliphatic carbocycles. The Hall–Kier alpha value is -1.56. The Balaban J connectivity index is 1.99. The monoisotopic (exact) mass is 268 g/mol. The van der Waals surface area contributed by atoms with E-state index in [4.69, 9.17) is 5.11 Å². The second-order valence-corrected chi connectivity index (χ2v) is 5.16. The highest BCUT2D eigenvalue weighted by Crippen LogP contribution is 2.21. The van der Waals surface area contributed by atoms with Crippen molar-refractivity contribution in [2.75, 3.05) is 11.9 Å². The predicted octanol–water partition coefficient (Wildman–Crippen LogP) is 2.61. The Morgan fingerprint density at radius 3 is 3.00 bits per heavy atom. The number of nitrogens with one attached hydrogen (secondary N) is 1. The Morgan fingerprint density at radius 2 is 2.33 bits per heavy atom. The lowest BCUT2D eigenvalue weighted by Crippen LogP contribution is -2.46. The van der Waals surface area contributed by atoms with Crippen LogP contribution in [0.1, 0.15) is 25.7 Å². The summed E-state index contributed by atoms with van der Waals surface area (Å²) in [5, 5.41) is 15.4. The van der Waals surface area contributed by atoms with Crippen LogP contribution in [0.2, 0.25) is 0 Å². The van der Waals surface area contributed by atoms with Crippen LogP contribution in [-0.2, 0) is 4.79 Å². The zero-order chi connectivity index (χ0) is 13.0. The molecule has 1 saturated heterocycles. The van der Waals surface area contributed by atoms with Gasteiger partial charge in [-0.25, -0.2) is 4.79 Å². The van der Waals surface area contributed by atoms with Gasteiger partial charge in [0.2, 0.25) is 0 Å². The molecule has 98 valence electrons. The fourth-order valence-electron chi connectivity index (χ4n) is 2.21. The Labute approximate surface area is 109 Å². The van der Waals surface area contributed by atoms with Gasteiger partial charge in [0.15, 0.2) is 0 Å². The van der Waals surface area contributed by atoms with Gasteiger partial charge in [0.25, 0.3) is 0 Å². The van der Waals surface area contributed by atoms with E-state index < -0.39 is 5.97 Å². The van der Waals surface area contributed by atoms with Gasteiger partial charge in [0, 0.05) is 18.0 Å². The van der Waals surface area contributed by atoms with Gasteiger partial charge < -0.3 is 15.3 Å². The molecule has 0 radical (unpaired) electrons. The molecule has 0 saturated carbocycles. The van der Waals surface area contributed by atoms with Crippen LogP contribution in [0, 0.1) is 0 Å². The SMILES string of the molecule is O=C(O)CC1CCCCN1C(=O)Nc1ccsc1. The van der Waals surface area contributed by atoms with E-state index in [-0.39, 0.29) is 18.5 Å². The number of thiophene rings is 1. The molecular weight excluding hydrogens is 252 g/mol. The number of urea groups is 1. The number of carboxylic acid groups (broad SMARTS) is 1. The van der Waals surface area contributed by atoms with Gasteiger partial charge in [-0.05, 0) is 30.7 Å². The molecule has 18 heavy (non-hydrogen) atoms. The predicted molar refractivity (Wildman–Crippen MR) is 69.9 cm³/mol. The van der Waals surface area contributed by atoms with Crippen LogP contribution in [0.5, 0.6) is 0 Å². The Bertz CT molecular complexity index is 419. The number of nitrogens with zero attached hydrogens (tertiary/aromatic N) is 1. The highest BCUT2D eigenvalue weighted by molar-refractivity contribution is 7.08. The quantitative estimate of drug-likeness (QED) is 0.885. The van der Waals surface area contributed by atoms with Crippen molar-refractivity contribution in [3.05, 3.63) is 16.8 Å². The summed E-state index contributed by atoms with van der Waals surface area (Å²) in [4.78, 5) is 24.5. The van der Waals surface area contributed by atoms with Crippen molar-refractivity contribution in [1.82, 2.24) is 4.90 Å². The van der Waals surface area contributed by atoms with Gasteiger partial charge in [0.05, 0.1) is 12.1 Å². The molecule has 0 aromatic carbocycles. The number of aliphatic carboxylic acids is 1. The number of piperidine rings is 1. The molecule has 0 spiro atoms. The van der Waals surface area contributed by atoms with Crippen molar-refractivity contribution in [2.24, 2.45) is 0 Å². The molecule has 2 N–H and O–H groups in total. The van der Waals surface area contributed by atoms with Gasteiger partial charge in [-0.3, -0.25) is 4.79 Å². The first kappa shape index (κ1) is 12.9. The number of anilines is 1. The van der Waals surface area contributed by atoms with Gasteiger partial charge in [-0.1, -0.05) is 0 Å². The van der Waals surface area contributed by atoms with E-state index in [2.05, 4.69) is 5.32 Å². The molecule has 2 rings (SSSR count). The van der Waals surface area contributed by atoms with E-state index in [0.29, 0.717) is 6.54 Å². The van der Waals surface area contributed by atoms with Gasteiger partial charge >= 0.3 is 12.0 Å². The topological polar surface area (TPSA) is 69.6 Å². The van der Waals surface area contributed by atoms with E-state index >= 15 is 0 Å². The molecule has 1 aliphatic heterocycles. The van der Waals surface area contributed by atoms with Crippen LogP contribution in [0.25, 0.3) is 0 Å². The van der Waals surface area contributed by atoms with Crippen molar-refractivity contribution < 1.29 is 14.7 Å². The summed E-state index contributed by atoms with van der Waals surface area (Å²) in [6.07, 6.45) is 2.72. The molecular formula is C12H16N2O3S. The standard InChI is InChI=1S/C12H16N2O3S/c15-11(16)7-10-3-1-2-5-14(10)12(17)13-9-4-6-18-8-9/h4,6,8,10H,1-3,5,7H2,(H,13,17)(H,15,16). The third-order valence-corrected chi connectivity index (χ3v) is 3.75. The van der Waals surface area contributed by atoms with Crippen LogP contribution in [0.3, 0.4) is 0 Å². The van der Waals surface area contributed by atoms with Crippen molar-refractivity contribution >= 4 is 29.0 Å². The van der Waals surface area contributed by atoms with Crippen molar-refractivity contribution in [2.45, 2.75) is 31.7 Å². The van der Waals surface area contributed by atoms with E-state index in [1.807, 2.05) is 16.8 Å². The molecule has 2 heterocycles. The smallest absolute Gasteiger partial charge is 0.322 e. The number of rotatable bonds is 3. The molecule has 5 nitrogen and oxygen atoms in total. The molecule has 1 unspecified atom stereocenters. The third kappa shape index (κ3) is 3.22. The lowest BCUT2D eigenvalue weighted by atomic mass is 10.00. The fraction of sp³-hybridized carbons (Fsp3) is 0.500. The largest absolute Gasteiger partial charge is 0.481 e. The summed E-state index contributed by atoms with van der Waals surface area (Å²) >= 11 is 1.51. The van der Waals surface area contributed by atoms with E-state index in [1.54, 1.807) is 4.90 Å². The summed E-state index contributed by atoms with van der Waals surface area (Å²) in [7, 11) is 0. The first-order chi connectivity index (χ1) is 8.66. The highest BCUT2D eigenvalue weighted by atomic mass is 32.1. The lowest BCUT2D eigenvalue weighted by molar-refractivity contribution is -0.138. The fourth-order valence-corrected chi connectivity index (χ4v) is 2.80. The molecule has 1 aromatic rings. The maximum Gasteiger partial charge on any atom is 0.322 e. The van der Waals surface area contributed by atoms with Gasteiger partial charge in [-0.15, -0.1) is 0 Å². The minimum absolute atomic E-state index is 0.0249. The number of carbonyl (C=O) groups excluding carboxylic acids is 1.